The minimum Gasteiger partial charge on any atom is -0.472 e. The first-order valence-electron chi connectivity index (χ1n) is 12.0. The first-order valence-corrected chi connectivity index (χ1v) is 12.0. The topological polar surface area (TPSA) is 95.2 Å². The van der Waals surface area contributed by atoms with Crippen molar-refractivity contribution in [2.75, 3.05) is 6.61 Å². The van der Waals surface area contributed by atoms with Gasteiger partial charge in [-0.2, -0.15) is 0 Å². The molecule has 8 atom stereocenters. The Labute approximate surface area is 193 Å². The number of hydrogen-bond donors (Lipinski definition) is 1. The fraction of sp³-hybridized carbons (Fsp3) is 0.692. The fourth-order valence-electron chi connectivity index (χ4n) is 8.58. The second-order valence-electron chi connectivity index (χ2n) is 11.7. The maximum absolute atomic E-state index is 12.8. The number of esters is 2. The second-order valence-corrected chi connectivity index (χ2v) is 11.7. The SMILES string of the molecule is CC1(C)O[C@H]2CC(=O)OC[C@@]23[C@H]1C[C@@H](O)[C@]1(C)C2=CC(=O)O[C@@H](c4ccoc4)[C@]2(C)CC[C@@H]13. The number of carbonyl (C=O) groups excluding carboxylic acids is 2. The Morgan fingerprint density at radius 1 is 1.12 bits per heavy atom. The van der Waals surface area contributed by atoms with Gasteiger partial charge in [-0.05, 0) is 50.7 Å². The molecule has 3 aliphatic heterocycles. The average molecular weight is 457 g/mol. The van der Waals surface area contributed by atoms with Gasteiger partial charge in [0.1, 0.15) is 12.7 Å². The minimum atomic E-state index is -0.670. The molecule has 2 saturated heterocycles. The molecule has 5 aliphatic rings. The van der Waals surface area contributed by atoms with Crippen LogP contribution in [0, 0.1) is 28.1 Å². The molecule has 0 unspecified atom stereocenters. The number of aliphatic hydroxyl groups excluding tert-OH is 1. The van der Waals surface area contributed by atoms with E-state index in [9.17, 15) is 14.7 Å². The molecule has 1 aromatic heterocycles. The molecule has 178 valence electrons. The van der Waals surface area contributed by atoms with Crippen LogP contribution in [-0.4, -0.2) is 41.5 Å². The fourth-order valence-corrected chi connectivity index (χ4v) is 8.58. The predicted molar refractivity (Wildman–Crippen MR) is 116 cm³/mol. The van der Waals surface area contributed by atoms with Crippen LogP contribution in [0.2, 0.25) is 0 Å². The molecule has 4 fully saturated rings. The molecule has 7 nitrogen and oxygen atoms in total. The van der Waals surface area contributed by atoms with Crippen molar-refractivity contribution >= 4 is 11.9 Å². The molecule has 1 N–H and O–H groups in total. The molecule has 2 aliphatic carbocycles. The molecule has 0 radical (unpaired) electrons. The number of cyclic esters (lactones) is 2. The lowest BCUT2D eigenvalue weighted by atomic mass is 9.39. The number of carbonyl (C=O) groups is 2. The molecule has 0 amide bonds. The third-order valence-corrected chi connectivity index (χ3v) is 9.96. The van der Waals surface area contributed by atoms with Crippen molar-refractivity contribution in [3.8, 4) is 0 Å². The van der Waals surface area contributed by atoms with E-state index >= 15 is 0 Å². The average Bonchev–Trinajstić information content (AvgIpc) is 3.34. The van der Waals surface area contributed by atoms with Gasteiger partial charge >= 0.3 is 11.9 Å². The zero-order valence-corrected chi connectivity index (χ0v) is 19.6. The van der Waals surface area contributed by atoms with E-state index in [0.29, 0.717) is 13.0 Å². The van der Waals surface area contributed by atoms with Crippen LogP contribution in [0.1, 0.15) is 65.0 Å². The molecule has 1 aromatic rings. The molecule has 0 bridgehead atoms. The van der Waals surface area contributed by atoms with E-state index in [0.717, 1.165) is 24.0 Å². The van der Waals surface area contributed by atoms with Gasteiger partial charge in [-0.25, -0.2) is 4.79 Å². The van der Waals surface area contributed by atoms with Crippen molar-refractivity contribution in [3.05, 3.63) is 35.8 Å². The van der Waals surface area contributed by atoms with Crippen molar-refractivity contribution < 1.29 is 33.3 Å². The molecule has 1 spiro atoms. The van der Waals surface area contributed by atoms with Crippen LogP contribution in [0.4, 0.5) is 0 Å². The monoisotopic (exact) mass is 456 g/mol. The summed E-state index contributed by atoms with van der Waals surface area (Å²) in [5, 5.41) is 11.8. The van der Waals surface area contributed by atoms with Gasteiger partial charge in [-0.3, -0.25) is 4.79 Å². The highest BCUT2D eigenvalue weighted by Gasteiger charge is 2.74. The van der Waals surface area contributed by atoms with Crippen molar-refractivity contribution in [1.82, 2.24) is 0 Å². The number of hydrogen-bond acceptors (Lipinski definition) is 7. The minimum absolute atomic E-state index is 0.00819. The number of rotatable bonds is 1. The van der Waals surface area contributed by atoms with Crippen LogP contribution in [0.5, 0.6) is 0 Å². The van der Waals surface area contributed by atoms with Gasteiger partial charge in [0.25, 0.3) is 0 Å². The Morgan fingerprint density at radius 2 is 1.91 bits per heavy atom. The second kappa shape index (κ2) is 6.51. The number of aliphatic hydroxyl groups is 1. The van der Waals surface area contributed by atoms with Crippen LogP contribution < -0.4 is 0 Å². The van der Waals surface area contributed by atoms with E-state index in [-0.39, 0.29) is 35.7 Å². The van der Waals surface area contributed by atoms with Gasteiger partial charge in [-0.15, -0.1) is 0 Å². The van der Waals surface area contributed by atoms with Crippen molar-refractivity contribution in [3.63, 3.8) is 0 Å². The zero-order valence-electron chi connectivity index (χ0n) is 19.6. The predicted octanol–water partition coefficient (Wildman–Crippen LogP) is 3.72. The van der Waals surface area contributed by atoms with E-state index in [1.165, 1.54) is 0 Å². The van der Waals surface area contributed by atoms with E-state index in [2.05, 4.69) is 27.7 Å². The Balaban J connectivity index is 1.51. The third-order valence-electron chi connectivity index (χ3n) is 9.96. The summed E-state index contributed by atoms with van der Waals surface area (Å²) in [6, 6.07) is 1.84. The van der Waals surface area contributed by atoms with Gasteiger partial charge < -0.3 is 23.7 Å². The van der Waals surface area contributed by atoms with E-state index in [4.69, 9.17) is 18.6 Å². The van der Waals surface area contributed by atoms with Crippen LogP contribution >= 0.6 is 0 Å². The highest BCUT2D eigenvalue weighted by Crippen LogP contribution is 2.73. The lowest BCUT2D eigenvalue weighted by Crippen LogP contribution is -2.67. The summed E-state index contributed by atoms with van der Waals surface area (Å²) in [5.41, 5.74) is -0.231. The Morgan fingerprint density at radius 3 is 2.64 bits per heavy atom. The Kier molecular flexibility index (Phi) is 4.22. The van der Waals surface area contributed by atoms with Crippen molar-refractivity contribution in [1.29, 1.82) is 0 Å². The number of furan rings is 1. The van der Waals surface area contributed by atoms with Crippen LogP contribution in [-0.2, 0) is 23.8 Å². The van der Waals surface area contributed by atoms with E-state index in [1.807, 2.05) is 6.07 Å². The number of fused-ring (bicyclic) bond motifs is 3. The Hall–Kier alpha value is -2.12. The smallest absolute Gasteiger partial charge is 0.331 e. The molecule has 33 heavy (non-hydrogen) atoms. The standard InChI is InChI=1S/C26H32O7/c1-23(2)16-9-18(27)25(4)15(26(16)13-31-20(28)11-19(26)33-23)5-7-24(3)17(25)10-21(29)32-22(24)14-6-8-30-12-14/h6,8,10,12,15-16,18-19,22,27H,5,7,9,11,13H2,1-4H3/t15-,16-,18+,19-,22-,24+,25-,26+/m0/s1. The zero-order chi connectivity index (χ0) is 23.4. The molecule has 0 aromatic carbocycles. The Bertz CT molecular complexity index is 1040. The lowest BCUT2D eigenvalue weighted by Gasteiger charge is -2.65. The van der Waals surface area contributed by atoms with Crippen LogP contribution in [0.15, 0.2) is 34.7 Å². The normalized spacial score (nSPS) is 47.9. The first-order chi connectivity index (χ1) is 15.5. The summed E-state index contributed by atoms with van der Waals surface area (Å²) in [4.78, 5) is 25.1. The third kappa shape index (κ3) is 2.53. The van der Waals surface area contributed by atoms with Gasteiger partial charge in [0.15, 0.2) is 0 Å². The van der Waals surface area contributed by atoms with E-state index < -0.39 is 34.6 Å². The van der Waals surface area contributed by atoms with Gasteiger partial charge in [-0.1, -0.05) is 13.8 Å². The highest BCUT2D eigenvalue weighted by atomic mass is 16.6. The quantitative estimate of drug-likeness (QED) is 0.644. The lowest BCUT2D eigenvalue weighted by molar-refractivity contribution is -0.208. The van der Waals surface area contributed by atoms with Crippen LogP contribution in [0.25, 0.3) is 0 Å². The molecular weight excluding hydrogens is 424 g/mol. The summed E-state index contributed by atoms with van der Waals surface area (Å²) in [7, 11) is 0. The summed E-state index contributed by atoms with van der Waals surface area (Å²) in [5.74, 6) is -0.553. The largest absolute Gasteiger partial charge is 0.472 e. The van der Waals surface area contributed by atoms with Crippen molar-refractivity contribution in [2.45, 2.75) is 77.3 Å². The molecule has 4 heterocycles. The molecule has 7 heteroatoms. The molecular formula is C26H32O7. The van der Waals surface area contributed by atoms with Crippen molar-refractivity contribution in [2.24, 2.45) is 28.1 Å². The van der Waals surface area contributed by atoms with E-state index in [1.54, 1.807) is 18.6 Å². The summed E-state index contributed by atoms with van der Waals surface area (Å²) < 4.78 is 23.4. The van der Waals surface area contributed by atoms with Crippen LogP contribution in [0.3, 0.4) is 0 Å². The first kappa shape index (κ1) is 21.4. The maximum Gasteiger partial charge on any atom is 0.331 e. The van der Waals surface area contributed by atoms with Gasteiger partial charge in [0.2, 0.25) is 0 Å². The summed E-state index contributed by atoms with van der Waals surface area (Å²) in [6.45, 7) is 8.67. The number of ether oxygens (including phenoxy) is 3. The highest BCUT2D eigenvalue weighted by molar-refractivity contribution is 5.85. The summed E-state index contributed by atoms with van der Waals surface area (Å²) >= 11 is 0. The molecule has 6 rings (SSSR count). The maximum atomic E-state index is 12.8. The summed E-state index contributed by atoms with van der Waals surface area (Å²) in [6.07, 6.45) is 5.84. The molecule has 2 saturated carbocycles. The van der Waals surface area contributed by atoms with Gasteiger partial charge in [0.05, 0.1) is 36.8 Å². The van der Waals surface area contributed by atoms with Gasteiger partial charge in [0, 0.05) is 33.8 Å².